The van der Waals surface area contributed by atoms with Crippen LogP contribution in [0.3, 0.4) is 0 Å². The van der Waals surface area contributed by atoms with Crippen LogP contribution in [-0.4, -0.2) is 17.5 Å². The monoisotopic (exact) mass is 552 g/mol. The number of unbranched alkanes of at least 4 members (excludes halogenated alkanes) is 1. The van der Waals surface area contributed by atoms with Gasteiger partial charge < -0.3 is 14.6 Å². The Morgan fingerprint density at radius 1 is 0.750 bits per heavy atom. The van der Waals surface area contributed by atoms with Crippen molar-refractivity contribution in [2.45, 2.75) is 145 Å². The summed E-state index contributed by atoms with van der Waals surface area (Å²) >= 11 is 0. The van der Waals surface area contributed by atoms with E-state index in [1.807, 2.05) is 32.9 Å². The third kappa shape index (κ3) is 11.9. The number of aromatic hydroxyl groups is 1. The zero-order valence-electron chi connectivity index (χ0n) is 27.6. The Morgan fingerprint density at radius 3 is 1.85 bits per heavy atom. The first-order valence-electron chi connectivity index (χ1n) is 15.7. The highest BCUT2D eigenvalue weighted by atomic mass is 16.7. The fourth-order valence-corrected chi connectivity index (χ4v) is 6.03. The van der Waals surface area contributed by atoms with Crippen LogP contribution in [-0.2, 0) is 4.74 Å². The zero-order chi connectivity index (χ0) is 30.1. The van der Waals surface area contributed by atoms with Gasteiger partial charge in [0.1, 0.15) is 11.5 Å². The van der Waals surface area contributed by atoms with Crippen LogP contribution in [0.2, 0.25) is 0 Å². The van der Waals surface area contributed by atoms with Gasteiger partial charge in [-0.05, 0) is 116 Å². The number of benzene rings is 2. The van der Waals surface area contributed by atoms with Gasteiger partial charge in [0.15, 0.2) is 6.29 Å². The standard InChI is InChI=1S/C37H60O3/c1-12-13-14-31(29-17-21-33(22-18-29)40-28(4)39-27(2)3)25-36(8,9)23-24-37(10,11)34(26-35(5,6)7)30-15-19-32(38)20-16-30/h15-22,27-28,31,34,38H,12-14,23-26H2,1-11H3. The maximum atomic E-state index is 9.90. The average Bonchev–Trinajstić information content (AvgIpc) is 2.84. The number of phenolic OH excluding ortho intramolecular Hbond substituents is 1. The third-order valence-electron chi connectivity index (χ3n) is 8.32. The van der Waals surface area contributed by atoms with Gasteiger partial charge in [-0.3, -0.25) is 0 Å². The minimum absolute atomic E-state index is 0.143. The van der Waals surface area contributed by atoms with Crippen LogP contribution in [0, 0.1) is 16.2 Å². The van der Waals surface area contributed by atoms with Gasteiger partial charge in [-0.2, -0.15) is 0 Å². The molecule has 0 aliphatic heterocycles. The fourth-order valence-electron chi connectivity index (χ4n) is 6.03. The first-order valence-corrected chi connectivity index (χ1v) is 15.7. The lowest BCUT2D eigenvalue weighted by atomic mass is 9.64. The minimum atomic E-state index is -0.257. The molecule has 0 saturated carbocycles. The Labute approximate surface area is 247 Å². The van der Waals surface area contributed by atoms with E-state index < -0.39 is 0 Å². The smallest absolute Gasteiger partial charge is 0.197 e. The first-order chi connectivity index (χ1) is 18.5. The molecule has 2 aromatic rings. The maximum absolute atomic E-state index is 9.90. The van der Waals surface area contributed by atoms with E-state index in [9.17, 15) is 5.11 Å². The van der Waals surface area contributed by atoms with E-state index in [1.54, 1.807) is 0 Å². The van der Waals surface area contributed by atoms with E-state index in [0.29, 0.717) is 17.6 Å². The van der Waals surface area contributed by atoms with Crippen molar-refractivity contribution in [3.05, 3.63) is 59.7 Å². The summed E-state index contributed by atoms with van der Waals surface area (Å²) in [7, 11) is 0. The summed E-state index contributed by atoms with van der Waals surface area (Å²) in [6.07, 6.45) is 8.23. The third-order valence-corrected chi connectivity index (χ3v) is 8.32. The summed E-state index contributed by atoms with van der Waals surface area (Å²) < 4.78 is 11.7. The van der Waals surface area contributed by atoms with Crippen LogP contribution in [0.1, 0.15) is 144 Å². The van der Waals surface area contributed by atoms with Gasteiger partial charge in [-0.25, -0.2) is 0 Å². The zero-order valence-corrected chi connectivity index (χ0v) is 27.6. The van der Waals surface area contributed by atoms with Crippen molar-refractivity contribution in [1.29, 1.82) is 0 Å². The Morgan fingerprint density at radius 2 is 1.32 bits per heavy atom. The minimum Gasteiger partial charge on any atom is -0.508 e. The molecule has 0 amide bonds. The normalized spacial score (nSPS) is 15.2. The van der Waals surface area contributed by atoms with E-state index in [4.69, 9.17) is 9.47 Å². The summed E-state index contributed by atoms with van der Waals surface area (Å²) in [4.78, 5) is 0. The number of hydrogen-bond acceptors (Lipinski definition) is 3. The van der Waals surface area contributed by atoms with Crippen molar-refractivity contribution < 1.29 is 14.6 Å². The highest BCUT2D eigenvalue weighted by molar-refractivity contribution is 5.31. The van der Waals surface area contributed by atoms with Crippen LogP contribution in [0.15, 0.2) is 48.5 Å². The second kappa shape index (κ2) is 14.8. The van der Waals surface area contributed by atoms with Crippen LogP contribution in [0.4, 0.5) is 0 Å². The molecule has 0 radical (unpaired) electrons. The lowest BCUT2D eigenvalue weighted by Gasteiger charge is -2.41. The number of hydrogen-bond donors (Lipinski definition) is 1. The molecule has 0 bridgehead atoms. The van der Waals surface area contributed by atoms with Crippen LogP contribution < -0.4 is 4.74 Å². The molecule has 40 heavy (non-hydrogen) atoms. The van der Waals surface area contributed by atoms with Crippen molar-refractivity contribution in [3.8, 4) is 11.5 Å². The van der Waals surface area contributed by atoms with Crippen molar-refractivity contribution in [3.63, 3.8) is 0 Å². The molecule has 226 valence electrons. The molecule has 2 aromatic carbocycles. The summed E-state index contributed by atoms with van der Waals surface area (Å²) in [5, 5.41) is 9.90. The van der Waals surface area contributed by atoms with Gasteiger partial charge in [0.25, 0.3) is 0 Å². The number of ether oxygens (including phenoxy) is 2. The fraction of sp³-hybridized carbons (Fsp3) is 0.676. The van der Waals surface area contributed by atoms with Crippen LogP contribution in [0.5, 0.6) is 11.5 Å². The Bertz CT molecular complexity index is 980. The Balaban J connectivity index is 2.15. The van der Waals surface area contributed by atoms with E-state index in [2.05, 4.69) is 91.8 Å². The van der Waals surface area contributed by atoms with Gasteiger partial charge in [-0.1, -0.05) is 92.5 Å². The second-order valence-corrected chi connectivity index (χ2v) is 15.0. The van der Waals surface area contributed by atoms with Crippen molar-refractivity contribution in [1.82, 2.24) is 0 Å². The van der Waals surface area contributed by atoms with Gasteiger partial charge in [0.05, 0.1) is 6.10 Å². The highest BCUT2D eigenvalue weighted by Crippen LogP contribution is 2.49. The molecule has 0 aliphatic carbocycles. The maximum Gasteiger partial charge on any atom is 0.197 e. The molecule has 1 N–H and O–H groups in total. The summed E-state index contributed by atoms with van der Waals surface area (Å²) in [5.74, 6) is 2.19. The van der Waals surface area contributed by atoms with E-state index in [-0.39, 0.29) is 28.6 Å². The van der Waals surface area contributed by atoms with Crippen LogP contribution >= 0.6 is 0 Å². The quantitative estimate of drug-likeness (QED) is 0.210. The Kier molecular flexibility index (Phi) is 12.6. The molecular formula is C37H60O3. The molecule has 3 atom stereocenters. The predicted molar refractivity (Wildman–Crippen MR) is 171 cm³/mol. The van der Waals surface area contributed by atoms with Gasteiger partial charge in [0, 0.05) is 0 Å². The number of rotatable bonds is 16. The van der Waals surface area contributed by atoms with E-state index >= 15 is 0 Å². The summed E-state index contributed by atoms with van der Waals surface area (Å²) in [6.45, 7) is 25.1. The van der Waals surface area contributed by atoms with E-state index in [0.717, 1.165) is 12.2 Å². The Hall–Kier alpha value is -2.00. The van der Waals surface area contributed by atoms with Gasteiger partial charge in [0.2, 0.25) is 0 Å². The molecule has 2 rings (SSSR count). The molecule has 3 unspecified atom stereocenters. The molecule has 0 heterocycles. The predicted octanol–water partition coefficient (Wildman–Crippen LogP) is 11.3. The average molecular weight is 553 g/mol. The van der Waals surface area contributed by atoms with Crippen molar-refractivity contribution in [2.24, 2.45) is 16.2 Å². The van der Waals surface area contributed by atoms with Crippen molar-refractivity contribution >= 4 is 0 Å². The molecule has 3 nitrogen and oxygen atoms in total. The van der Waals surface area contributed by atoms with Gasteiger partial charge in [-0.15, -0.1) is 0 Å². The molecular weight excluding hydrogens is 492 g/mol. The van der Waals surface area contributed by atoms with Gasteiger partial charge >= 0.3 is 0 Å². The lowest BCUT2D eigenvalue weighted by molar-refractivity contribution is -0.0950. The number of phenols is 1. The van der Waals surface area contributed by atoms with Crippen molar-refractivity contribution in [2.75, 3.05) is 0 Å². The molecule has 0 aromatic heterocycles. The lowest BCUT2D eigenvalue weighted by Crippen LogP contribution is -2.28. The summed E-state index contributed by atoms with van der Waals surface area (Å²) in [5.41, 5.74) is 3.36. The van der Waals surface area contributed by atoms with Crippen LogP contribution in [0.25, 0.3) is 0 Å². The molecule has 0 saturated heterocycles. The largest absolute Gasteiger partial charge is 0.508 e. The second-order valence-electron chi connectivity index (χ2n) is 15.0. The topological polar surface area (TPSA) is 38.7 Å². The molecule has 0 fully saturated rings. The molecule has 3 heteroatoms. The first kappa shape index (κ1) is 34.2. The summed E-state index contributed by atoms with van der Waals surface area (Å²) in [6, 6.07) is 16.7. The van der Waals surface area contributed by atoms with E-state index in [1.165, 1.54) is 49.7 Å². The highest BCUT2D eigenvalue weighted by Gasteiger charge is 2.36. The molecule has 0 spiro atoms. The molecule has 0 aliphatic rings. The SMILES string of the molecule is CCCCC(CC(C)(C)CCC(C)(C)C(CC(C)(C)C)c1ccc(O)cc1)c1ccc(OC(C)OC(C)C)cc1.